The molecule has 2 amide bonds. The molecular formula is C16H23N3O2. The second-order valence-corrected chi connectivity index (χ2v) is 5.62. The maximum atomic E-state index is 11.9. The number of amides is 2. The van der Waals surface area contributed by atoms with Crippen LogP contribution in [0.5, 0.6) is 0 Å². The van der Waals surface area contributed by atoms with Crippen molar-refractivity contribution >= 4 is 11.8 Å². The first-order valence-electron chi connectivity index (χ1n) is 7.46. The standard InChI is InChI=1S/C16H23N3O2/c1-19(14-8-9-14)11-3-2-10-18-16(21)13-6-4-12(5-7-13)15(17)20/h4-7,14H,2-3,8-11H2,1H3,(H2,17,20)(H,18,21). The Balaban J connectivity index is 1.65. The lowest BCUT2D eigenvalue weighted by Crippen LogP contribution is -2.26. The summed E-state index contributed by atoms with van der Waals surface area (Å²) in [6.45, 7) is 1.77. The summed E-state index contributed by atoms with van der Waals surface area (Å²) in [6.07, 6.45) is 4.72. The second kappa shape index (κ2) is 7.22. The minimum absolute atomic E-state index is 0.110. The van der Waals surface area contributed by atoms with E-state index in [1.165, 1.54) is 12.8 Å². The van der Waals surface area contributed by atoms with E-state index in [4.69, 9.17) is 5.73 Å². The summed E-state index contributed by atoms with van der Waals surface area (Å²) >= 11 is 0. The van der Waals surface area contributed by atoms with Gasteiger partial charge >= 0.3 is 0 Å². The highest BCUT2D eigenvalue weighted by Gasteiger charge is 2.25. The fraction of sp³-hybridized carbons (Fsp3) is 0.500. The van der Waals surface area contributed by atoms with Gasteiger partial charge < -0.3 is 16.0 Å². The highest BCUT2D eigenvalue weighted by atomic mass is 16.2. The molecule has 21 heavy (non-hydrogen) atoms. The van der Waals surface area contributed by atoms with Gasteiger partial charge in [-0.05, 0) is 63.5 Å². The molecule has 3 N–H and O–H groups in total. The quantitative estimate of drug-likeness (QED) is 0.710. The Hall–Kier alpha value is -1.88. The van der Waals surface area contributed by atoms with Gasteiger partial charge in [0.25, 0.3) is 5.91 Å². The van der Waals surface area contributed by atoms with Crippen LogP contribution in [0.25, 0.3) is 0 Å². The number of rotatable bonds is 8. The smallest absolute Gasteiger partial charge is 0.251 e. The zero-order valence-corrected chi connectivity index (χ0v) is 12.5. The lowest BCUT2D eigenvalue weighted by Gasteiger charge is -2.15. The van der Waals surface area contributed by atoms with Crippen LogP contribution in [0.2, 0.25) is 0 Å². The Morgan fingerprint density at radius 3 is 2.38 bits per heavy atom. The van der Waals surface area contributed by atoms with Crippen LogP contribution in [0.4, 0.5) is 0 Å². The number of nitrogens with zero attached hydrogens (tertiary/aromatic N) is 1. The van der Waals surface area contributed by atoms with Gasteiger partial charge in [-0.1, -0.05) is 0 Å². The number of primary amides is 1. The second-order valence-electron chi connectivity index (χ2n) is 5.62. The predicted octanol–water partition coefficient (Wildman–Crippen LogP) is 1.39. The highest BCUT2D eigenvalue weighted by Crippen LogP contribution is 2.25. The predicted molar refractivity (Wildman–Crippen MR) is 82.2 cm³/mol. The number of hydrogen-bond donors (Lipinski definition) is 2. The molecule has 0 aliphatic heterocycles. The van der Waals surface area contributed by atoms with Crippen LogP contribution in [0, 0.1) is 0 Å². The monoisotopic (exact) mass is 289 g/mol. The van der Waals surface area contributed by atoms with Crippen molar-refractivity contribution in [3.63, 3.8) is 0 Å². The summed E-state index contributed by atoms with van der Waals surface area (Å²) in [5.41, 5.74) is 6.12. The molecule has 0 heterocycles. The van der Waals surface area contributed by atoms with Crippen LogP contribution in [0.3, 0.4) is 0 Å². The number of carbonyl (C=O) groups is 2. The molecule has 5 heteroatoms. The Morgan fingerprint density at radius 1 is 1.19 bits per heavy atom. The van der Waals surface area contributed by atoms with Gasteiger partial charge in [0.2, 0.25) is 5.91 Å². The SMILES string of the molecule is CN(CCCCNC(=O)c1ccc(C(N)=O)cc1)C1CC1. The molecule has 114 valence electrons. The van der Waals surface area contributed by atoms with E-state index < -0.39 is 5.91 Å². The lowest BCUT2D eigenvalue weighted by atomic mass is 10.1. The van der Waals surface area contributed by atoms with Crippen molar-refractivity contribution in [3.8, 4) is 0 Å². The molecule has 1 aromatic rings. The number of nitrogens with one attached hydrogen (secondary N) is 1. The molecule has 0 saturated heterocycles. The molecule has 0 unspecified atom stereocenters. The average molecular weight is 289 g/mol. The fourth-order valence-corrected chi connectivity index (χ4v) is 2.27. The molecule has 5 nitrogen and oxygen atoms in total. The highest BCUT2D eigenvalue weighted by molar-refractivity contribution is 5.97. The lowest BCUT2D eigenvalue weighted by molar-refractivity contribution is 0.0950. The molecule has 1 aliphatic rings. The van der Waals surface area contributed by atoms with Crippen LogP contribution in [0.15, 0.2) is 24.3 Å². The van der Waals surface area contributed by atoms with Crippen molar-refractivity contribution in [3.05, 3.63) is 35.4 Å². The van der Waals surface area contributed by atoms with E-state index in [-0.39, 0.29) is 5.91 Å². The van der Waals surface area contributed by atoms with Crippen molar-refractivity contribution in [2.24, 2.45) is 5.73 Å². The molecule has 0 aromatic heterocycles. The third-order valence-electron chi connectivity index (χ3n) is 3.82. The van der Waals surface area contributed by atoms with Gasteiger partial charge in [-0.25, -0.2) is 0 Å². The minimum atomic E-state index is -0.484. The Kier molecular flexibility index (Phi) is 5.33. The Labute approximate surface area is 125 Å². The van der Waals surface area contributed by atoms with Crippen LogP contribution in [0.1, 0.15) is 46.4 Å². The zero-order valence-electron chi connectivity index (χ0n) is 12.5. The number of carbonyl (C=O) groups excluding carboxylic acids is 2. The number of hydrogen-bond acceptors (Lipinski definition) is 3. The van der Waals surface area contributed by atoms with Crippen molar-refractivity contribution in [1.29, 1.82) is 0 Å². The van der Waals surface area contributed by atoms with E-state index >= 15 is 0 Å². The van der Waals surface area contributed by atoms with Crippen molar-refractivity contribution in [1.82, 2.24) is 10.2 Å². The Morgan fingerprint density at radius 2 is 1.81 bits per heavy atom. The number of unbranched alkanes of at least 4 members (excludes halogenated alkanes) is 1. The largest absolute Gasteiger partial charge is 0.366 e. The van der Waals surface area contributed by atoms with Crippen LogP contribution in [-0.2, 0) is 0 Å². The van der Waals surface area contributed by atoms with E-state index in [1.807, 2.05) is 0 Å². The van der Waals surface area contributed by atoms with E-state index in [2.05, 4.69) is 17.3 Å². The normalized spacial score (nSPS) is 14.2. The van der Waals surface area contributed by atoms with Gasteiger partial charge in [-0.3, -0.25) is 9.59 Å². The molecule has 0 spiro atoms. The fourth-order valence-electron chi connectivity index (χ4n) is 2.27. The topological polar surface area (TPSA) is 75.4 Å². The molecule has 1 aromatic carbocycles. The van der Waals surface area contributed by atoms with E-state index in [1.54, 1.807) is 24.3 Å². The van der Waals surface area contributed by atoms with Gasteiger partial charge in [0.15, 0.2) is 0 Å². The first kappa shape index (κ1) is 15.5. The molecule has 0 atom stereocenters. The van der Waals surface area contributed by atoms with Crippen molar-refractivity contribution in [2.45, 2.75) is 31.7 Å². The van der Waals surface area contributed by atoms with Crippen LogP contribution in [-0.4, -0.2) is 42.9 Å². The van der Waals surface area contributed by atoms with Gasteiger partial charge in [-0.2, -0.15) is 0 Å². The average Bonchev–Trinajstić information content (AvgIpc) is 3.31. The zero-order chi connectivity index (χ0) is 15.2. The number of benzene rings is 1. The van der Waals surface area contributed by atoms with Gasteiger partial charge in [0, 0.05) is 23.7 Å². The van der Waals surface area contributed by atoms with Gasteiger partial charge in [-0.15, -0.1) is 0 Å². The molecular weight excluding hydrogens is 266 g/mol. The molecule has 1 saturated carbocycles. The summed E-state index contributed by atoms with van der Waals surface area (Å²) < 4.78 is 0. The molecule has 0 bridgehead atoms. The maximum absolute atomic E-state index is 11.9. The summed E-state index contributed by atoms with van der Waals surface area (Å²) in [7, 11) is 2.16. The first-order chi connectivity index (χ1) is 10.1. The first-order valence-corrected chi connectivity index (χ1v) is 7.46. The van der Waals surface area contributed by atoms with Crippen molar-refractivity contribution < 1.29 is 9.59 Å². The third kappa shape index (κ3) is 4.86. The van der Waals surface area contributed by atoms with Crippen molar-refractivity contribution in [2.75, 3.05) is 20.1 Å². The molecule has 1 fully saturated rings. The summed E-state index contributed by atoms with van der Waals surface area (Å²) in [5.74, 6) is -0.594. The summed E-state index contributed by atoms with van der Waals surface area (Å²) in [5, 5.41) is 2.89. The van der Waals surface area contributed by atoms with Crippen LogP contribution >= 0.6 is 0 Å². The van der Waals surface area contributed by atoms with E-state index in [0.29, 0.717) is 17.7 Å². The molecule has 0 radical (unpaired) electrons. The van der Waals surface area contributed by atoms with E-state index in [0.717, 1.165) is 25.4 Å². The van der Waals surface area contributed by atoms with Crippen LogP contribution < -0.4 is 11.1 Å². The minimum Gasteiger partial charge on any atom is -0.366 e. The third-order valence-corrected chi connectivity index (χ3v) is 3.82. The van der Waals surface area contributed by atoms with Gasteiger partial charge in [0.05, 0.1) is 0 Å². The van der Waals surface area contributed by atoms with E-state index in [9.17, 15) is 9.59 Å². The molecule has 2 rings (SSSR count). The summed E-state index contributed by atoms with van der Waals surface area (Å²) in [6, 6.07) is 7.18. The number of nitrogens with two attached hydrogens (primary N) is 1. The summed E-state index contributed by atoms with van der Waals surface area (Å²) in [4.78, 5) is 25.2. The molecule has 1 aliphatic carbocycles. The maximum Gasteiger partial charge on any atom is 0.251 e. The Bertz CT molecular complexity index is 495. The van der Waals surface area contributed by atoms with Gasteiger partial charge in [0.1, 0.15) is 0 Å².